The Kier molecular flexibility index (Phi) is 4.60. The zero-order chi connectivity index (χ0) is 17.8. The van der Waals surface area contributed by atoms with Gasteiger partial charge in [0.05, 0.1) is 7.11 Å². The summed E-state index contributed by atoms with van der Waals surface area (Å²) >= 11 is 0. The predicted molar refractivity (Wildman–Crippen MR) is 101 cm³/mol. The van der Waals surface area contributed by atoms with Crippen molar-refractivity contribution in [3.05, 3.63) is 83.6 Å². The van der Waals surface area contributed by atoms with Crippen molar-refractivity contribution in [2.45, 2.75) is 19.3 Å². The molecule has 4 aromatic rings. The maximum absolute atomic E-state index is 5.31. The van der Waals surface area contributed by atoms with Gasteiger partial charge in [0.1, 0.15) is 5.65 Å². The standard InChI is InChI=1S/C21H20N4O/c1-26-21-16(4-2-11-23-21)7-9-18-8-6-15(13-24-18)12-17-14-25-20-19(17)5-3-10-22-20/h2-6,8,10-11,13-14H,7,9,12H2,1H3,(H,22,25). The van der Waals surface area contributed by atoms with E-state index in [0.29, 0.717) is 5.88 Å². The molecule has 0 fully saturated rings. The maximum atomic E-state index is 5.31. The van der Waals surface area contributed by atoms with Gasteiger partial charge in [-0.05, 0) is 48.2 Å². The number of nitrogens with zero attached hydrogens (tertiary/aromatic N) is 3. The molecule has 0 aromatic carbocycles. The fourth-order valence-electron chi connectivity index (χ4n) is 3.15. The number of H-pyrrole nitrogens is 1. The van der Waals surface area contributed by atoms with Crippen LogP contribution in [0.1, 0.15) is 22.4 Å². The Morgan fingerprint density at radius 2 is 1.81 bits per heavy atom. The lowest BCUT2D eigenvalue weighted by molar-refractivity contribution is 0.392. The van der Waals surface area contributed by atoms with Crippen molar-refractivity contribution >= 4 is 11.0 Å². The number of ether oxygens (including phenoxy) is 1. The van der Waals surface area contributed by atoms with Crippen molar-refractivity contribution < 1.29 is 4.74 Å². The van der Waals surface area contributed by atoms with Gasteiger partial charge in [-0.15, -0.1) is 0 Å². The SMILES string of the molecule is COc1ncccc1CCc1ccc(Cc2c[nH]c3ncccc23)cn1. The van der Waals surface area contributed by atoms with Crippen LogP contribution in [0.25, 0.3) is 11.0 Å². The van der Waals surface area contributed by atoms with Crippen molar-refractivity contribution in [2.24, 2.45) is 0 Å². The van der Waals surface area contributed by atoms with Gasteiger partial charge in [-0.2, -0.15) is 0 Å². The summed E-state index contributed by atoms with van der Waals surface area (Å²) in [4.78, 5) is 16.4. The Bertz CT molecular complexity index is 1010. The molecule has 0 atom stereocenters. The van der Waals surface area contributed by atoms with Crippen LogP contribution in [-0.4, -0.2) is 27.0 Å². The lowest BCUT2D eigenvalue weighted by atomic mass is 10.1. The highest BCUT2D eigenvalue weighted by molar-refractivity contribution is 5.79. The molecule has 0 saturated heterocycles. The zero-order valence-corrected chi connectivity index (χ0v) is 14.6. The number of fused-ring (bicyclic) bond motifs is 1. The molecule has 0 aliphatic carbocycles. The molecule has 5 nitrogen and oxygen atoms in total. The van der Waals surface area contributed by atoms with Crippen LogP contribution in [0.5, 0.6) is 5.88 Å². The normalized spacial score (nSPS) is 11.0. The number of hydrogen-bond acceptors (Lipinski definition) is 4. The van der Waals surface area contributed by atoms with E-state index in [-0.39, 0.29) is 0 Å². The molecule has 0 aliphatic rings. The number of methoxy groups -OCH3 is 1. The minimum absolute atomic E-state index is 0.692. The van der Waals surface area contributed by atoms with Gasteiger partial charge in [0.2, 0.25) is 5.88 Å². The zero-order valence-electron chi connectivity index (χ0n) is 14.6. The van der Waals surface area contributed by atoms with Crippen molar-refractivity contribution in [3.8, 4) is 5.88 Å². The minimum Gasteiger partial charge on any atom is -0.481 e. The molecule has 4 rings (SSSR count). The first-order valence-corrected chi connectivity index (χ1v) is 8.66. The molecule has 0 bridgehead atoms. The number of aromatic amines is 1. The summed E-state index contributed by atoms with van der Waals surface area (Å²) in [5, 5.41) is 1.17. The highest BCUT2D eigenvalue weighted by atomic mass is 16.5. The van der Waals surface area contributed by atoms with E-state index in [1.165, 1.54) is 16.5 Å². The summed E-state index contributed by atoms with van der Waals surface area (Å²) < 4.78 is 5.31. The first-order chi connectivity index (χ1) is 12.8. The Labute approximate surface area is 152 Å². The van der Waals surface area contributed by atoms with Gasteiger partial charge in [0, 0.05) is 47.9 Å². The Balaban J connectivity index is 1.43. The van der Waals surface area contributed by atoms with Gasteiger partial charge in [0.25, 0.3) is 0 Å². The number of aromatic nitrogens is 4. The molecular formula is C21H20N4O. The summed E-state index contributed by atoms with van der Waals surface area (Å²) in [7, 11) is 1.65. The molecule has 0 spiro atoms. The fourth-order valence-corrected chi connectivity index (χ4v) is 3.15. The van der Waals surface area contributed by atoms with Crippen LogP contribution < -0.4 is 4.74 Å². The van der Waals surface area contributed by atoms with Gasteiger partial charge in [-0.3, -0.25) is 4.98 Å². The molecular weight excluding hydrogens is 324 g/mol. The summed E-state index contributed by atoms with van der Waals surface area (Å²) in [5.74, 6) is 0.692. The Morgan fingerprint density at radius 3 is 2.65 bits per heavy atom. The summed E-state index contributed by atoms with van der Waals surface area (Å²) in [6.45, 7) is 0. The van der Waals surface area contributed by atoms with E-state index in [0.717, 1.165) is 36.2 Å². The molecule has 4 heterocycles. The highest BCUT2D eigenvalue weighted by Crippen LogP contribution is 2.20. The van der Waals surface area contributed by atoms with Crippen LogP contribution in [-0.2, 0) is 19.3 Å². The molecule has 0 amide bonds. The number of rotatable bonds is 6. The average Bonchev–Trinajstić information content (AvgIpc) is 3.11. The second kappa shape index (κ2) is 7.35. The predicted octanol–water partition coefficient (Wildman–Crippen LogP) is 3.74. The van der Waals surface area contributed by atoms with Crippen LogP contribution in [0.15, 0.2) is 61.2 Å². The van der Waals surface area contributed by atoms with Gasteiger partial charge < -0.3 is 9.72 Å². The maximum Gasteiger partial charge on any atom is 0.216 e. The van der Waals surface area contributed by atoms with E-state index in [2.05, 4.69) is 38.1 Å². The van der Waals surface area contributed by atoms with Crippen molar-refractivity contribution in [3.63, 3.8) is 0 Å². The molecule has 0 aliphatic heterocycles. The quantitative estimate of drug-likeness (QED) is 0.579. The largest absolute Gasteiger partial charge is 0.481 e. The van der Waals surface area contributed by atoms with Gasteiger partial charge in [0.15, 0.2) is 0 Å². The molecule has 0 saturated carbocycles. The summed E-state index contributed by atoms with van der Waals surface area (Å²) in [5.41, 5.74) is 5.53. The second-order valence-electron chi connectivity index (χ2n) is 6.22. The Hall–Kier alpha value is -3.21. The van der Waals surface area contributed by atoms with E-state index < -0.39 is 0 Å². The molecule has 0 radical (unpaired) electrons. The van der Waals surface area contributed by atoms with Gasteiger partial charge >= 0.3 is 0 Å². The number of pyridine rings is 3. The van der Waals surface area contributed by atoms with Crippen LogP contribution in [0.2, 0.25) is 0 Å². The lowest BCUT2D eigenvalue weighted by Gasteiger charge is -2.07. The lowest BCUT2D eigenvalue weighted by Crippen LogP contribution is -1.99. The third-order valence-electron chi connectivity index (χ3n) is 4.51. The molecule has 5 heteroatoms. The monoisotopic (exact) mass is 344 g/mol. The molecule has 1 N–H and O–H groups in total. The van der Waals surface area contributed by atoms with E-state index >= 15 is 0 Å². The minimum atomic E-state index is 0.692. The van der Waals surface area contributed by atoms with Crippen molar-refractivity contribution in [1.29, 1.82) is 0 Å². The van der Waals surface area contributed by atoms with Crippen LogP contribution in [0, 0.1) is 0 Å². The second-order valence-corrected chi connectivity index (χ2v) is 6.22. The number of hydrogen-bond donors (Lipinski definition) is 1. The van der Waals surface area contributed by atoms with E-state index in [1.54, 1.807) is 19.5 Å². The fraction of sp³-hybridized carbons (Fsp3) is 0.190. The van der Waals surface area contributed by atoms with Crippen LogP contribution in [0.4, 0.5) is 0 Å². The van der Waals surface area contributed by atoms with E-state index in [9.17, 15) is 0 Å². The van der Waals surface area contributed by atoms with Crippen molar-refractivity contribution in [1.82, 2.24) is 19.9 Å². The van der Waals surface area contributed by atoms with E-state index in [4.69, 9.17) is 4.74 Å². The molecule has 4 aromatic heterocycles. The number of aryl methyl sites for hydroxylation is 2. The summed E-state index contributed by atoms with van der Waals surface area (Å²) in [6, 6.07) is 12.3. The smallest absolute Gasteiger partial charge is 0.216 e. The Morgan fingerprint density at radius 1 is 0.923 bits per heavy atom. The van der Waals surface area contributed by atoms with E-state index in [1.807, 2.05) is 30.6 Å². The van der Waals surface area contributed by atoms with Crippen LogP contribution in [0.3, 0.4) is 0 Å². The molecule has 130 valence electrons. The summed E-state index contributed by atoms with van der Waals surface area (Å²) in [6.07, 6.45) is 10.1. The third kappa shape index (κ3) is 3.42. The van der Waals surface area contributed by atoms with Crippen molar-refractivity contribution in [2.75, 3.05) is 7.11 Å². The van der Waals surface area contributed by atoms with Crippen LogP contribution >= 0.6 is 0 Å². The third-order valence-corrected chi connectivity index (χ3v) is 4.51. The van der Waals surface area contributed by atoms with Gasteiger partial charge in [-0.1, -0.05) is 12.1 Å². The average molecular weight is 344 g/mol. The topological polar surface area (TPSA) is 63.7 Å². The molecule has 26 heavy (non-hydrogen) atoms. The first-order valence-electron chi connectivity index (χ1n) is 8.66. The number of nitrogens with one attached hydrogen (secondary N) is 1. The highest BCUT2D eigenvalue weighted by Gasteiger charge is 2.07. The van der Waals surface area contributed by atoms with Gasteiger partial charge in [-0.25, -0.2) is 9.97 Å². The molecule has 0 unspecified atom stereocenters. The first kappa shape index (κ1) is 16.3.